The fourth-order valence-electron chi connectivity index (χ4n) is 2.27. The number of nitro groups is 1. The van der Waals surface area contributed by atoms with Crippen LogP contribution in [0.15, 0.2) is 47.4 Å². The Labute approximate surface area is 164 Å². The molecular formula is C16H14ClN3O7S. The summed E-state index contributed by atoms with van der Waals surface area (Å²) in [4.78, 5) is 32.3. The number of nitrogens with one attached hydrogen (secondary N) is 1. The molecule has 0 aliphatic heterocycles. The molecule has 0 fully saturated rings. The molecule has 0 bridgehead atoms. The van der Waals surface area contributed by atoms with Crippen LogP contribution in [0.3, 0.4) is 0 Å². The van der Waals surface area contributed by atoms with Gasteiger partial charge in [-0.1, -0.05) is 11.6 Å². The van der Waals surface area contributed by atoms with E-state index in [4.69, 9.17) is 16.7 Å². The Balaban J connectivity index is 2.56. The molecule has 0 spiro atoms. The Bertz CT molecular complexity index is 1040. The molecule has 0 heterocycles. The first-order valence-corrected chi connectivity index (χ1v) is 9.40. The summed E-state index contributed by atoms with van der Waals surface area (Å²) in [6, 6.07) is 8.04. The highest BCUT2D eigenvalue weighted by Crippen LogP contribution is 2.33. The van der Waals surface area contributed by atoms with Crippen LogP contribution in [0.25, 0.3) is 0 Å². The summed E-state index contributed by atoms with van der Waals surface area (Å²) in [7, 11) is -4.43. The van der Waals surface area contributed by atoms with Crippen LogP contribution in [-0.4, -0.2) is 36.9 Å². The Morgan fingerprint density at radius 3 is 2.32 bits per heavy atom. The van der Waals surface area contributed by atoms with E-state index >= 15 is 0 Å². The number of non-ortho nitro benzene ring substituents is 1. The van der Waals surface area contributed by atoms with Crippen molar-refractivity contribution in [2.45, 2.75) is 11.8 Å². The second-order valence-electron chi connectivity index (χ2n) is 5.50. The summed E-state index contributed by atoms with van der Waals surface area (Å²) < 4.78 is 26.4. The van der Waals surface area contributed by atoms with E-state index in [0.717, 1.165) is 18.2 Å². The van der Waals surface area contributed by atoms with Crippen LogP contribution in [0.2, 0.25) is 5.02 Å². The van der Waals surface area contributed by atoms with E-state index in [2.05, 4.69) is 5.32 Å². The second-order valence-corrected chi connectivity index (χ2v) is 7.77. The van der Waals surface area contributed by atoms with Gasteiger partial charge in [-0.3, -0.25) is 24.0 Å². The van der Waals surface area contributed by atoms with Crippen molar-refractivity contribution >= 4 is 50.6 Å². The summed E-state index contributed by atoms with van der Waals surface area (Å²) in [5.74, 6) is -1.84. The van der Waals surface area contributed by atoms with Gasteiger partial charge in [0.05, 0.1) is 20.5 Å². The molecule has 1 amide bonds. The summed E-state index contributed by atoms with van der Waals surface area (Å²) in [6.07, 6.45) is 0. The summed E-state index contributed by atoms with van der Waals surface area (Å²) in [6.45, 7) is 0.278. The lowest BCUT2D eigenvalue weighted by Crippen LogP contribution is -2.36. The van der Waals surface area contributed by atoms with Crippen molar-refractivity contribution in [2.24, 2.45) is 0 Å². The predicted octanol–water partition coefficient (Wildman–Crippen LogP) is 2.49. The first-order valence-electron chi connectivity index (χ1n) is 7.58. The molecule has 0 saturated heterocycles. The lowest BCUT2D eigenvalue weighted by atomic mass is 10.3. The predicted molar refractivity (Wildman–Crippen MR) is 101 cm³/mol. The van der Waals surface area contributed by atoms with E-state index < -0.39 is 33.1 Å². The van der Waals surface area contributed by atoms with Crippen molar-refractivity contribution in [2.75, 3.05) is 16.2 Å². The fourth-order valence-corrected chi connectivity index (χ4v) is 3.96. The molecule has 2 rings (SSSR count). The van der Waals surface area contributed by atoms with E-state index in [1.165, 1.54) is 31.2 Å². The number of nitrogens with zero attached hydrogens (tertiary/aromatic N) is 2. The van der Waals surface area contributed by atoms with Crippen molar-refractivity contribution in [3.8, 4) is 0 Å². The van der Waals surface area contributed by atoms with Gasteiger partial charge in [0.25, 0.3) is 15.7 Å². The Hall–Kier alpha value is -3.18. The van der Waals surface area contributed by atoms with Gasteiger partial charge in [-0.25, -0.2) is 8.42 Å². The summed E-state index contributed by atoms with van der Waals surface area (Å²) in [5, 5.41) is 22.4. The van der Waals surface area contributed by atoms with Crippen LogP contribution in [0, 0.1) is 10.1 Å². The van der Waals surface area contributed by atoms with Crippen LogP contribution in [0.5, 0.6) is 0 Å². The SMILES string of the molecule is CC(=O)Nc1ccc(S(=O)(=O)N(CC(=O)O)c2cc([N+](=O)[O-])ccc2Cl)cc1. The van der Waals surface area contributed by atoms with Gasteiger partial charge in [0.15, 0.2) is 0 Å². The van der Waals surface area contributed by atoms with Gasteiger partial charge >= 0.3 is 5.97 Å². The smallest absolute Gasteiger partial charge is 0.324 e. The van der Waals surface area contributed by atoms with Crippen LogP contribution in [0.4, 0.5) is 17.1 Å². The van der Waals surface area contributed by atoms with Crippen LogP contribution in [-0.2, 0) is 19.6 Å². The number of carboxylic acid groups (broad SMARTS) is 1. The Morgan fingerprint density at radius 2 is 1.82 bits per heavy atom. The number of carbonyl (C=O) groups excluding carboxylic acids is 1. The molecule has 10 nitrogen and oxygen atoms in total. The second kappa shape index (κ2) is 8.23. The molecule has 0 aliphatic rings. The van der Waals surface area contributed by atoms with E-state index in [1.807, 2.05) is 0 Å². The van der Waals surface area contributed by atoms with Gasteiger partial charge in [0.1, 0.15) is 6.54 Å². The Kier molecular flexibility index (Phi) is 6.21. The van der Waals surface area contributed by atoms with Crippen molar-refractivity contribution in [1.82, 2.24) is 0 Å². The van der Waals surface area contributed by atoms with E-state index in [0.29, 0.717) is 9.99 Å². The first kappa shape index (κ1) is 21.1. The molecular weight excluding hydrogens is 414 g/mol. The van der Waals surface area contributed by atoms with Gasteiger partial charge < -0.3 is 10.4 Å². The number of anilines is 2. The van der Waals surface area contributed by atoms with E-state index in [1.54, 1.807) is 0 Å². The average molecular weight is 428 g/mol. The zero-order chi connectivity index (χ0) is 21.1. The minimum Gasteiger partial charge on any atom is -0.480 e. The minimum atomic E-state index is -4.43. The van der Waals surface area contributed by atoms with Crippen LogP contribution in [0.1, 0.15) is 6.92 Å². The number of aliphatic carboxylic acids is 1. The van der Waals surface area contributed by atoms with E-state index in [9.17, 15) is 28.1 Å². The molecule has 148 valence electrons. The summed E-state index contributed by atoms with van der Waals surface area (Å²) in [5.41, 5.74) is -0.459. The van der Waals surface area contributed by atoms with Gasteiger partial charge in [-0.2, -0.15) is 0 Å². The molecule has 0 aromatic heterocycles. The number of hydrogen-bond acceptors (Lipinski definition) is 6. The maximum Gasteiger partial charge on any atom is 0.324 e. The molecule has 0 radical (unpaired) electrons. The monoisotopic (exact) mass is 427 g/mol. The zero-order valence-electron chi connectivity index (χ0n) is 14.3. The standard InChI is InChI=1S/C16H14ClN3O7S/c1-10(21)18-11-2-5-13(6-3-11)28(26,27)19(9-16(22)23)15-8-12(20(24)25)4-7-14(15)17/h2-8H,9H2,1H3,(H,18,21)(H,22,23). The molecule has 2 aromatic carbocycles. The van der Waals surface area contributed by atoms with Crippen LogP contribution < -0.4 is 9.62 Å². The average Bonchev–Trinajstić information content (AvgIpc) is 2.60. The maximum atomic E-state index is 13.0. The third-order valence-electron chi connectivity index (χ3n) is 3.45. The number of sulfonamides is 1. The third-order valence-corrected chi connectivity index (χ3v) is 5.54. The topological polar surface area (TPSA) is 147 Å². The normalized spacial score (nSPS) is 10.9. The largest absolute Gasteiger partial charge is 0.480 e. The number of amides is 1. The number of halogens is 1. The quantitative estimate of drug-likeness (QED) is 0.509. The van der Waals surface area contributed by atoms with Crippen molar-refractivity contribution in [3.63, 3.8) is 0 Å². The number of carboxylic acids is 1. The number of nitro benzene ring substituents is 1. The van der Waals surface area contributed by atoms with Gasteiger partial charge in [0, 0.05) is 24.7 Å². The third kappa shape index (κ3) is 4.75. The molecule has 12 heteroatoms. The van der Waals surface area contributed by atoms with Gasteiger partial charge in [0.2, 0.25) is 5.91 Å². The minimum absolute atomic E-state index is 0.176. The molecule has 0 unspecified atom stereocenters. The molecule has 0 aliphatic carbocycles. The van der Waals surface area contributed by atoms with Crippen molar-refractivity contribution in [1.29, 1.82) is 0 Å². The number of hydrogen-bond donors (Lipinski definition) is 2. The highest BCUT2D eigenvalue weighted by atomic mass is 35.5. The highest BCUT2D eigenvalue weighted by molar-refractivity contribution is 7.92. The Morgan fingerprint density at radius 1 is 1.21 bits per heavy atom. The zero-order valence-corrected chi connectivity index (χ0v) is 15.9. The molecule has 0 saturated carbocycles. The number of carbonyl (C=O) groups is 2. The first-order chi connectivity index (χ1) is 13.0. The lowest BCUT2D eigenvalue weighted by Gasteiger charge is -2.23. The van der Waals surface area contributed by atoms with Gasteiger partial charge in [-0.05, 0) is 30.3 Å². The lowest BCUT2D eigenvalue weighted by molar-refractivity contribution is -0.384. The molecule has 2 aromatic rings. The molecule has 2 N–H and O–H groups in total. The van der Waals surface area contributed by atoms with Crippen LogP contribution >= 0.6 is 11.6 Å². The number of rotatable bonds is 7. The number of benzene rings is 2. The van der Waals surface area contributed by atoms with Crippen molar-refractivity contribution < 1.29 is 28.0 Å². The maximum absolute atomic E-state index is 13.0. The molecule has 28 heavy (non-hydrogen) atoms. The fraction of sp³-hybridized carbons (Fsp3) is 0.125. The van der Waals surface area contributed by atoms with Crippen molar-refractivity contribution in [3.05, 3.63) is 57.6 Å². The summed E-state index contributed by atoms with van der Waals surface area (Å²) >= 11 is 5.99. The van der Waals surface area contributed by atoms with E-state index in [-0.39, 0.29) is 21.5 Å². The highest BCUT2D eigenvalue weighted by Gasteiger charge is 2.30. The van der Waals surface area contributed by atoms with Gasteiger partial charge in [-0.15, -0.1) is 0 Å². The molecule has 0 atom stereocenters.